The molecule has 1 aromatic heterocycles. The van der Waals surface area contributed by atoms with Gasteiger partial charge >= 0.3 is 41.1 Å². The smallest absolute Gasteiger partial charge is 0.462 e. The van der Waals surface area contributed by atoms with Crippen molar-refractivity contribution in [2.45, 2.75) is 69.3 Å². The number of benzene rings is 2. The third kappa shape index (κ3) is 20.9. The summed E-state index contributed by atoms with van der Waals surface area (Å²) in [6.07, 6.45) is -1.18. The fourth-order valence-corrected chi connectivity index (χ4v) is 11.5. The summed E-state index contributed by atoms with van der Waals surface area (Å²) in [6, 6.07) is 10.4. The van der Waals surface area contributed by atoms with Crippen molar-refractivity contribution in [2.75, 3.05) is 64.3 Å². The molecule has 3 aromatic rings. The van der Waals surface area contributed by atoms with Crippen LogP contribution < -0.4 is 33.3 Å². The summed E-state index contributed by atoms with van der Waals surface area (Å²) >= 11 is 0. The first-order valence-corrected chi connectivity index (χ1v) is 29.3. The van der Waals surface area contributed by atoms with Crippen molar-refractivity contribution in [1.82, 2.24) is 14.9 Å². The lowest BCUT2D eigenvalue weighted by molar-refractivity contribution is -0.121. The lowest BCUT2D eigenvalue weighted by Gasteiger charge is -2.21. The van der Waals surface area contributed by atoms with Crippen LogP contribution >= 0.6 is 45.1 Å². The van der Waals surface area contributed by atoms with Crippen molar-refractivity contribution in [3.63, 3.8) is 0 Å². The summed E-state index contributed by atoms with van der Waals surface area (Å²) in [5, 5.41) is 5.18. The monoisotopic (exact) mass is 1140 g/mol. The average Bonchev–Trinajstić information content (AvgIpc) is 3.71. The van der Waals surface area contributed by atoms with Crippen LogP contribution in [0.15, 0.2) is 58.3 Å². The zero-order chi connectivity index (χ0) is 54.6. The Kier molecular flexibility index (Phi) is 24.9. The van der Waals surface area contributed by atoms with Gasteiger partial charge in [0.1, 0.15) is 30.6 Å². The minimum atomic E-state index is -5.90. The number of aromatic amines is 1. The number of amides is 2. The van der Waals surface area contributed by atoms with Crippen molar-refractivity contribution in [3.8, 4) is 11.8 Å². The van der Waals surface area contributed by atoms with Crippen LogP contribution in [0.4, 0.5) is 5.69 Å². The summed E-state index contributed by atoms with van der Waals surface area (Å²) in [5.41, 5.74) is 10.9. The topological polar surface area (TPSA) is 405 Å². The molecule has 0 radical (unpaired) electrons. The Morgan fingerprint density at radius 2 is 1.65 bits per heavy atom. The highest BCUT2D eigenvalue weighted by Gasteiger charge is 2.44. The molecule has 2 amide bonds. The van der Waals surface area contributed by atoms with Gasteiger partial charge in [0.25, 0.3) is 5.56 Å². The molecule has 0 aliphatic carbocycles. The predicted octanol–water partition coefficient (Wildman–Crippen LogP) is 2.91. The highest BCUT2D eigenvalue weighted by atomic mass is 33.1. The fourth-order valence-electron chi connectivity index (χ4n) is 6.71. The number of esters is 2. The molecule has 27 nitrogen and oxygen atoms in total. The molecule has 1 aliphatic heterocycles. The quantitative estimate of drug-likeness (QED) is 0.0159. The van der Waals surface area contributed by atoms with E-state index in [1.165, 1.54) is 39.8 Å². The third-order valence-corrected chi connectivity index (χ3v) is 15.9. The number of phosphoric acid groups is 3. The first-order chi connectivity index (χ1) is 34.9. The molecule has 0 bridgehead atoms. The van der Waals surface area contributed by atoms with Crippen molar-refractivity contribution < 1.29 is 89.3 Å². The van der Waals surface area contributed by atoms with Crippen LogP contribution in [0, 0.1) is 11.8 Å². The van der Waals surface area contributed by atoms with E-state index in [4.69, 9.17) is 49.5 Å². The summed E-state index contributed by atoms with van der Waals surface area (Å²) in [6.45, 7) is 3.19. The van der Waals surface area contributed by atoms with Gasteiger partial charge < -0.3 is 65.4 Å². The highest BCUT2D eigenvalue weighted by Crippen LogP contribution is 2.66. The van der Waals surface area contributed by atoms with Crippen molar-refractivity contribution >= 4 is 74.5 Å². The largest absolute Gasteiger partial charge is 0.490 e. The summed E-state index contributed by atoms with van der Waals surface area (Å²) in [5.74, 6) is 2.73. The number of carbonyl (C=O) groups is 4. The van der Waals surface area contributed by atoms with Gasteiger partial charge in [0.05, 0.1) is 50.7 Å². The number of carbonyl (C=O) groups excluding carboxylic acids is 4. The van der Waals surface area contributed by atoms with E-state index < -0.39 is 89.6 Å². The zero-order valence-corrected chi connectivity index (χ0v) is 44.3. The second-order valence-electron chi connectivity index (χ2n) is 15.7. The maximum Gasteiger partial charge on any atom is 0.490 e. The fraction of sp³-hybridized carbons (Fsp3) is 0.476. The lowest BCUT2D eigenvalue weighted by atomic mass is 10.0. The first-order valence-electron chi connectivity index (χ1n) is 22.2. The molecule has 74 heavy (non-hydrogen) atoms. The van der Waals surface area contributed by atoms with E-state index in [0.717, 1.165) is 10.8 Å². The molecule has 11 N–H and O–H groups in total. The number of phosphoric ester groups is 1. The standard InChI is InChI=1S/C42H57N6O21P3S2/c1-26(44)30-10-4-5-11-32(30)41(53)67-34-22-38(66-35(34)24-65-71(58,59)69-72(60,61)68-70(55,56)57)48-23-28(39(51)47-42(48)54)9-8-16-45-36(49)12-6-7-17-64-40(52)33-21-29(13-14-31(33)27(2)74-73-3)46-37(50)25-63-20-19-62-18-15-43/h4-5,10-11,13-14,21,23,26-27,34-35,38H,6-7,12,15-20,22,24-25,43-44H2,1-3H3,(H,45,49)(H,46,50)(H,58,59)(H,60,61)(H,47,51,54)(H2,55,56,57)/t26?,27?,34-,35?,38-/m1/s1. The molecule has 1 aliphatic rings. The normalized spacial score (nSPS) is 17.9. The number of aromatic nitrogens is 2. The summed E-state index contributed by atoms with van der Waals surface area (Å²) < 4.78 is 76.2. The number of nitrogens with one attached hydrogen (secondary N) is 3. The molecular formula is C42H57N6O21P3S2. The third-order valence-electron chi connectivity index (χ3n) is 9.94. The van der Waals surface area contributed by atoms with Crippen LogP contribution in [0.25, 0.3) is 0 Å². The molecule has 0 spiro atoms. The van der Waals surface area contributed by atoms with Crippen LogP contribution in [0.3, 0.4) is 0 Å². The Morgan fingerprint density at radius 3 is 2.35 bits per heavy atom. The second kappa shape index (κ2) is 29.7. The van der Waals surface area contributed by atoms with Gasteiger partial charge in [0.15, 0.2) is 0 Å². The summed E-state index contributed by atoms with van der Waals surface area (Å²) in [4.78, 5) is 117. The number of H-pyrrole nitrogens is 1. The minimum absolute atomic E-state index is 0.0187. The van der Waals surface area contributed by atoms with E-state index in [0.29, 0.717) is 42.8 Å². The molecular weight excluding hydrogens is 1080 g/mol. The lowest BCUT2D eigenvalue weighted by Crippen LogP contribution is -2.34. The van der Waals surface area contributed by atoms with E-state index in [-0.39, 0.29) is 67.8 Å². The molecule has 2 heterocycles. The predicted molar refractivity (Wildman–Crippen MR) is 267 cm³/mol. The minimum Gasteiger partial charge on any atom is -0.462 e. The van der Waals surface area contributed by atoms with Crippen LogP contribution in [0.5, 0.6) is 0 Å². The van der Waals surface area contributed by atoms with Crippen molar-refractivity contribution in [2.24, 2.45) is 11.5 Å². The molecule has 4 rings (SSSR count). The Labute approximate surface area is 431 Å². The van der Waals surface area contributed by atoms with Crippen molar-refractivity contribution in [3.05, 3.63) is 97.3 Å². The maximum absolute atomic E-state index is 13.4. The Hall–Kier alpha value is -4.53. The van der Waals surface area contributed by atoms with Crippen molar-refractivity contribution in [1.29, 1.82) is 0 Å². The Bertz CT molecular complexity index is 2770. The number of anilines is 1. The van der Waals surface area contributed by atoms with Crippen LogP contribution in [0.1, 0.15) is 94.5 Å². The van der Waals surface area contributed by atoms with Crippen LogP contribution in [-0.4, -0.2) is 124 Å². The number of nitrogens with zero attached hydrogens (tertiary/aromatic N) is 1. The molecule has 408 valence electrons. The summed E-state index contributed by atoms with van der Waals surface area (Å²) in [7, 11) is -14.2. The number of ether oxygens (including phenoxy) is 5. The number of unbranched alkanes of at least 4 members (excludes halogenated alkanes) is 1. The molecule has 5 unspecified atom stereocenters. The van der Waals surface area contributed by atoms with E-state index in [1.807, 2.05) is 13.2 Å². The second-order valence-corrected chi connectivity index (χ2v) is 22.9. The molecule has 32 heteroatoms. The zero-order valence-electron chi connectivity index (χ0n) is 40.0. The van der Waals surface area contributed by atoms with Gasteiger partial charge in [-0.15, -0.1) is 0 Å². The van der Waals surface area contributed by atoms with Gasteiger partial charge in [0.2, 0.25) is 11.8 Å². The van der Waals surface area contributed by atoms with Gasteiger partial charge in [-0.3, -0.25) is 28.5 Å². The van der Waals surface area contributed by atoms with E-state index in [9.17, 15) is 52.2 Å². The van der Waals surface area contributed by atoms with E-state index in [1.54, 1.807) is 31.2 Å². The molecule has 1 fully saturated rings. The van der Waals surface area contributed by atoms with Gasteiger partial charge in [-0.2, -0.15) is 8.62 Å². The number of nitrogens with two attached hydrogens (primary N) is 2. The number of rotatable bonds is 29. The van der Waals surface area contributed by atoms with Gasteiger partial charge in [-0.1, -0.05) is 57.7 Å². The van der Waals surface area contributed by atoms with E-state index in [2.05, 4.69) is 36.1 Å². The highest BCUT2D eigenvalue weighted by molar-refractivity contribution is 8.76. The molecule has 7 atom stereocenters. The van der Waals surface area contributed by atoms with E-state index >= 15 is 0 Å². The first kappa shape index (κ1) is 62.0. The maximum atomic E-state index is 13.4. The average molecular weight is 1140 g/mol. The number of hydrogen-bond acceptors (Lipinski definition) is 21. The Balaban J connectivity index is 1.35. The van der Waals surface area contributed by atoms with Crippen LogP contribution in [0.2, 0.25) is 0 Å². The van der Waals surface area contributed by atoms with Crippen LogP contribution in [-0.2, 0) is 60.1 Å². The molecule has 0 saturated carbocycles. The Morgan fingerprint density at radius 1 is 0.919 bits per heavy atom. The number of hydrogen-bond donors (Lipinski definition) is 9. The molecule has 2 aromatic carbocycles. The van der Waals surface area contributed by atoms with Gasteiger partial charge in [0, 0.05) is 42.6 Å². The van der Waals surface area contributed by atoms with Gasteiger partial charge in [-0.05, 0) is 62.3 Å². The SMILES string of the molecule is CSSC(C)c1ccc(NC(=O)COCCOCCN)cc1C(=O)OCCCCC(=O)NCC#Cc1cn([C@H]2C[C@@H](OC(=O)c3ccccc3C(C)N)C(COP(=O)(O)OP(=O)(O)OP(=O)(O)O)O2)c(=O)[nH]c1=O. The van der Waals surface area contributed by atoms with Gasteiger partial charge in [-0.25, -0.2) is 28.1 Å². The molecule has 1 saturated heterocycles.